The van der Waals surface area contributed by atoms with Crippen LogP contribution in [0.1, 0.15) is 73.4 Å². The topological polar surface area (TPSA) is 134 Å². The van der Waals surface area contributed by atoms with Crippen LogP contribution < -0.4 is 15.5 Å². The molecule has 2 fully saturated rings. The lowest BCUT2D eigenvalue weighted by atomic mass is 9.95. The summed E-state index contributed by atoms with van der Waals surface area (Å²) in [5, 5.41) is 13.7. The fraction of sp³-hybridized carbons (Fsp3) is 0.576. The van der Waals surface area contributed by atoms with Gasteiger partial charge in [-0.1, -0.05) is 32.9 Å². The van der Waals surface area contributed by atoms with Crippen LogP contribution in [-0.4, -0.2) is 118 Å². The Morgan fingerprint density at radius 3 is 2.49 bits per heavy atom. The minimum atomic E-state index is -4.88. The van der Waals surface area contributed by atoms with Gasteiger partial charge in [-0.25, -0.2) is 14.6 Å². The molecule has 266 valence electrons. The lowest BCUT2D eigenvalue weighted by Crippen LogP contribution is -2.51. The first-order valence-electron chi connectivity index (χ1n) is 16.6. The Morgan fingerprint density at radius 2 is 1.82 bits per heavy atom. The summed E-state index contributed by atoms with van der Waals surface area (Å²) in [6, 6.07) is 5.38. The van der Waals surface area contributed by atoms with Gasteiger partial charge < -0.3 is 20.3 Å². The van der Waals surface area contributed by atoms with Crippen molar-refractivity contribution in [3.05, 3.63) is 53.4 Å². The number of hydrogen-bond donors (Lipinski definition) is 2. The molecule has 0 unspecified atom stereocenters. The number of ether oxygens (including phenoxy) is 1. The van der Waals surface area contributed by atoms with Crippen LogP contribution in [0.25, 0.3) is 5.69 Å². The summed E-state index contributed by atoms with van der Waals surface area (Å²) in [5.41, 5.74) is -1.27. The molecule has 4 heterocycles. The molecule has 2 aliphatic heterocycles. The van der Waals surface area contributed by atoms with Crippen LogP contribution in [0, 0.1) is 0 Å². The number of alkyl halides is 3. The molecule has 2 aliphatic rings. The van der Waals surface area contributed by atoms with E-state index in [4.69, 9.17) is 4.74 Å². The quantitative estimate of drug-likeness (QED) is 0.305. The van der Waals surface area contributed by atoms with Crippen molar-refractivity contribution in [1.29, 1.82) is 0 Å². The monoisotopic (exact) mass is 686 g/mol. The third-order valence-electron chi connectivity index (χ3n) is 8.74. The molecule has 1 aromatic carbocycles. The lowest BCUT2D eigenvalue weighted by molar-refractivity contribution is -0.141. The second kappa shape index (κ2) is 15.2. The number of nitrogens with one attached hydrogen (secondary N) is 2. The largest absolute Gasteiger partial charge is 0.434 e. The summed E-state index contributed by atoms with van der Waals surface area (Å²) < 4.78 is 49.3. The highest BCUT2D eigenvalue weighted by Crippen LogP contribution is 2.34. The molecule has 13 nitrogen and oxygen atoms in total. The Labute approximate surface area is 284 Å². The zero-order valence-corrected chi connectivity index (χ0v) is 28.7. The fourth-order valence-corrected chi connectivity index (χ4v) is 5.96. The minimum Gasteiger partial charge on any atom is -0.379 e. The third kappa shape index (κ3) is 8.91. The van der Waals surface area contributed by atoms with E-state index < -0.39 is 28.8 Å². The Kier molecular flexibility index (Phi) is 11.2. The number of amides is 2. The number of rotatable bonds is 10. The molecule has 16 heteroatoms. The van der Waals surface area contributed by atoms with E-state index in [9.17, 15) is 22.8 Å². The number of halogens is 3. The van der Waals surface area contributed by atoms with E-state index in [1.807, 2.05) is 0 Å². The van der Waals surface area contributed by atoms with Gasteiger partial charge in [0.1, 0.15) is 5.82 Å². The summed E-state index contributed by atoms with van der Waals surface area (Å²) in [6.07, 6.45) is -1.70. The van der Waals surface area contributed by atoms with E-state index in [0.717, 1.165) is 45.3 Å². The van der Waals surface area contributed by atoms with Gasteiger partial charge in [0.05, 0.1) is 42.0 Å². The number of nitrogens with zero attached hydrogens (tertiary/aromatic N) is 8. The number of piperazine rings is 1. The average molecular weight is 687 g/mol. The van der Waals surface area contributed by atoms with Gasteiger partial charge in [-0.2, -0.15) is 13.2 Å². The average Bonchev–Trinajstić information content (AvgIpc) is 3.57. The number of benzene rings is 1. The van der Waals surface area contributed by atoms with Crippen LogP contribution in [0.2, 0.25) is 0 Å². The first-order valence-corrected chi connectivity index (χ1v) is 16.6. The number of hydrogen-bond acceptors (Lipinski definition) is 10. The van der Waals surface area contributed by atoms with Crippen molar-refractivity contribution in [2.45, 2.75) is 58.7 Å². The van der Waals surface area contributed by atoms with E-state index in [-0.39, 0.29) is 29.2 Å². The maximum absolute atomic E-state index is 14.2. The van der Waals surface area contributed by atoms with Gasteiger partial charge in [-0.05, 0) is 44.6 Å². The zero-order valence-electron chi connectivity index (χ0n) is 28.7. The lowest BCUT2D eigenvalue weighted by Gasteiger charge is -2.41. The van der Waals surface area contributed by atoms with Crippen LogP contribution in [0.3, 0.4) is 0 Å². The second-order valence-electron chi connectivity index (χ2n) is 13.4. The number of likely N-dealkylation sites (N-methyl/N-ethyl adjacent to an activating group) is 1. The molecule has 0 radical (unpaired) electrons. The van der Waals surface area contributed by atoms with Crippen LogP contribution in [0.4, 0.5) is 24.5 Å². The standard InChI is InChI=1S/C33H45F3N10O3/c1-6-44-12-13-45(20-22(44)2)27-9-8-23(46-21-26(41-42-46)30(48)37-10-7-11-43-14-16-49-17-15-43)18-25(27)39-29(47)24-19-38-31(32(3,4)5)40-28(24)33(34,35)36/h8-9,18-19,21-22H,6-7,10-17,20H2,1-5H3,(H,37,48)(H,39,47)/t22-/m0/s1. The van der Waals surface area contributed by atoms with Crippen molar-refractivity contribution in [2.24, 2.45) is 0 Å². The molecule has 0 spiro atoms. The molecule has 3 aromatic rings. The van der Waals surface area contributed by atoms with Crippen LogP contribution >= 0.6 is 0 Å². The third-order valence-corrected chi connectivity index (χ3v) is 8.74. The molecule has 5 rings (SSSR count). The second-order valence-corrected chi connectivity index (χ2v) is 13.4. The van der Waals surface area contributed by atoms with Gasteiger partial charge in [0.2, 0.25) is 0 Å². The highest BCUT2D eigenvalue weighted by molar-refractivity contribution is 6.06. The number of anilines is 2. The molecule has 0 bridgehead atoms. The summed E-state index contributed by atoms with van der Waals surface area (Å²) in [7, 11) is 0. The van der Waals surface area contributed by atoms with E-state index in [1.165, 1.54) is 10.9 Å². The van der Waals surface area contributed by atoms with E-state index in [2.05, 4.69) is 59.5 Å². The smallest absolute Gasteiger partial charge is 0.379 e. The van der Waals surface area contributed by atoms with Crippen molar-refractivity contribution in [3.8, 4) is 5.69 Å². The maximum Gasteiger partial charge on any atom is 0.434 e. The number of carbonyl (C=O) groups is 2. The molecule has 2 aromatic heterocycles. The van der Waals surface area contributed by atoms with Crippen LogP contribution in [0.15, 0.2) is 30.6 Å². The summed E-state index contributed by atoms with van der Waals surface area (Å²) in [5.74, 6) is -1.40. The predicted molar refractivity (Wildman–Crippen MR) is 178 cm³/mol. The highest BCUT2D eigenvalue weighted by atomic mass is 19.4. The molecule has 1 atom stereocenters. The van der Waals surface area contributed by atoms with Crippen molar-refractivity contribution in [3.63, 3.8) is 0 Å². The number of aromatic nitrogens is 5. The predicted octanol–water partition coefficient (Wildman–Crippen LogP) is 3.61. The van der Waals surface area contributed by atoms with Gasteiger partial charge in [0.15, 0.2) is 11.4 Å². The number of morpholine rings is 1. The molecular weight excluding hydrogens is 641 g/mol. The summed E-state index contributed by atoms with van der Waals surface area (Å²) in [4.78, 5) is 41.0. The van der Waals surface area contributed by atoms with E-state index in [1.54, 1.807) is 39.0 Å². The van der Waals surface area contributed by atoms with Gasteiger partial charge >= 0.3 is 6.18 Å². The minimum absolute atomic E-state index is 0.0232. The molecule has 2 saturated heterocycles. The Bertz CT molecular complexity index is 1620. The van der Waals surface area contributed by atoms with Crippen LogP contribution in [-0.2, 0) is 16.3 Å². The highest BCUT2D eigenvalue weighted by Gasteiger charge is 2.39. The molecule has 2 N–H and O–H groups in total. The Hall–Kier alpha value is -4.15. The van der Waals surface area contributed by atoms with Gasteiger partial charge in [0, 0.05) is 56.9 Å². The van der Waals surface area contributed by atoms with Crippen molar-refractivity contribution < 1.29 is 27.5 Å². The molecule has 49 heavy (non-hydrogen) atoms. The normalized spacial score (nSPS) is 18.0. The van der Waals surface area contributed by atoms with Gasteiger partial charge in [-0.15, -0.1) is 5.10 Å². The molecule has 0 saturated carbocycles. The molecular formula is C33H45F3N10O3. The number of carbonyl (C=O) groups excluding carboxylic acids is 2. The van der Waals surface area contributed by atoms with E-state index in [0.29, 0.717) is 44.2 Å². The Morgan fingerprint density at radius 1 is 1.06 bits per heavy atom. The maximum atomic E-state index is 14.2. The van der Waals surface area contributed by atoms with Gasteiger partial charge in [0.25, 0.3) is 11.8 Å². The van der Waals surface area contributed by atoms with Crippen LogP contribution in [0.5, 0.6) is 0 Å². The molecule has 2 amide bonds. The molecule has 0 aliphatic carbocycles. The first-order chi connectivity index (χ1) is 23.2. The van der Waals surface area contributed by atoms with E-state index >= 15 is 0 Å². The van der Waals surface area contributed by atoms with Gasteiger partial charge in [-0.3, -0.25) is 19.4 Å². The van der Waals surface area contributed by atoms with Crippen molar-refractivity contribution >= 4 is 23.2 Å². The summed E-state index contributed by atoms with van der Waals surface area (Å²) in [6.45, 7) is 16.8. The van der Waals surface area contributed by atoms with Crippen molar-refractivity contribution in [2.75, 3.05) is 75.8 Å². The first kappa shape index (κ1) is 36.1. The fourth-order valence-electron chi connectivity index (χ4n) is 5.96. The Balaban J connectivity index is 1.39. The van der Waals surface area contributed by atoms with Crippen molar-refractivity contribution in [1.82, 2.24) is 40.1 Å². The zero-order chi connectivity index (χ0) is 35.3. The SMILES string of the molecule is CCN1CCN(c2ccc(-n3cc(C(=O)NCCCN4CCOCC4)nn3)cc2NC(=O)c2cnc(C(C)(C)C)nc2C(F)(F)F)C[C@@H]1C. The summed E-state index contributed by atoms with van der Waals surface area (Å²) >= 11 is 0.